The smallest absolute Gasteiger partial charge is 0.104 e. The number of hydrogen-bond donors (Lipinski definition) is 1. The molecule has 1 saturated heterocycles. The quantitative estimate of drug-likeness (QED) is 0.708. The van der Waals surface area contributed by atoms with Gasteiger partial charge >= 0.3 is 0 Å². The van der Waals surface area contributed by atoms with Gasteiger partial charge in [0.1, 0.15) is 16.1 Å². The van der Waals surface area contributed by atoms with E-state index in [1.165, 1.54) is 6.26 Å². The van der Waals surface area contributed by atoms with Crippen LogP contribution < -0.4 is 0 Å². The Morgan fingerprint density at radius 1 is 1.50 bits per heavy atom. The first kappa shape index (κ1) is 12.1. The summed E-state index contributed by atoms with van der Waals surface area (Å²) in [6.07, 6.45) is 1.46. The van der Waals surface area contributed by atoms with Crippen LogP contribution in [0, 0.1) is 4.78 Å². The lowest BCUT2D eigenvalue weighted by atomic mass is 10.1. The van der Waals surface area contributed by atoms with E-state index in [2.05, 4.69) is 0 Å². The normalized spacial score (nSPS) is 25.8. The fourth-order valence-corrected chi connectivity index (χ4v) is 2.08. The van der Waals surface area contributed by atoms with Crippen molar-refractivity contribution in [3.05, 3.63) is 0 Å². The minimum atomic E-state index is -2.58. The minimum absolute atomic E-state index is 0. The van der Waals surface area contributed by atoms with E-state index in [0.29, 0.717) is 25.9 Å². The topological polar surface area (TPSA) is 44.2 Å². The second-order valence-corrected chi connectivity index (χ2v) is 5.03. The highest BCUT2D eigenvalue weighted by Crippen LogP contribution is 2.15. The van der Waals surface area contributed by atoms with E-state index in [1.54, 1.807) is 4.31 Å². The van der Waals surface area contributed by atoms with Crippen molar-refractivity contribution in [2.24, 2.45) is 0 Å². The zero-order chi connectivity index (χ0) is 8.48. The molecule has 74 valence electrons. The van der Waals surface area contributed by atoms with Crippen molar-refractivity contribution in [2.75, 3.05) is 19.3 Å². The molecular formula is C6H14ClFN2OS. The molecule has 6 heteroatoms. The van der Waals surface area contributed by atoms with E-state index in [1.807, 2.05) is 0 Å². The number of rotatable bonds is 1. The van der Waals surface area contributed by atoms with Crippen LogP contribution in [0.2, 0.25) is 0 Å². The number of hydrogen-bond acceptors (Lipinski definition) is 2. The number of halogens is 2. The predicted molar refractivity (Wildman–Crippen MR) is 49.7 cm³/mol. The Morgan fingerprint density at radius 3 is 2.25 bits per heavy atom. The molecule has 1 fully saturated rings. The third kappa shape index (κ3) is 3.25. The van der Waals surface area contributed by atoms with Crippen molar-refractivity contribution in [1.82, 2.24) is 4.31 Å². The van der Waals surface area contributed by atoms with Crippen LogP contribution in [-0.4, -0.2) is 34.0 Å². The molecule has 0 radical (unpaired) electrons. The number of piperidine rings is 1. The van der Waals surface area contributed by atoms with Gasteiger partial charge < -0.3 is 0 Å². The Balaban J connectivity index is 0.00000121. The highest BCUT2D eigenvalue weighted by Gasteiger charge is 2.22. The maximum absolute atomic E-state index is 12.6. The summed E-state index contributed by atoms with van der Waals surface area (Å²) in [7, 11) is -2.58. The molecule has 0 amide bonds. The van der Waals surface area contributed by atoms with Crippen LogP contribution in [0.5, 0.6) is 0 Å². The maximum Gasteiger partial charge on any atom is 0.104 e. The number of nitrogens with one attached hydrogen (secondary N) is 1. The van der Waals surface area contributed by atoms with Crippen LogP contribution in [0.25, 0.3) is 0 Å². The van der Waals surface area contributed by atoms with Crippen LogP contribution in [0.3, 0.4) is 0 Å². The first-order chi connectivity index (χ1) is 5.00. The molecular weight excluding hydrogens is 203 g/mol. The molecule has 1 atom stereocenters. The molecule has 0 aromatic carbocycles. The summed E-state index contributed by atoms with van der Waals surface area (Å²) < 4.78 is 32.5. The fraction of sp³-hybridized carbons (Fsp3) is 1.00. The number of nitrogens with zero attached hydrogens (tertiary/aromatic N) is 1. The summed E-state index contributed by atoms with van der Waals surface area (Å²) >= 11 is 0. The molecule has 0 aromatic heterocycles. The SMILES string of the molecule is CS(=N)(=O)N1CCC(F)CC1.Cl. The van der Waals surface area contributed by atoms with Crippen molar-refractivity contribution in [3.8, 4) is 0 Å². The van der Waals surface area contributed by atoms with Crippen molar-refractivity contribution in [3.63, 3.8) is 0 Å². The van der Waals surface area contributed by atoms with Gasteiger partial charge in [0.25, 0.3) is 0 Å². The Hall–Kier alpha value is 0.130. The van der Waals surface area contributed by atoms with Crippen LogP contribution >= 0.6 is 12.4 Å². The van der Waals surface area contributed by atoms with E-state index >= 15 is 0 Å². The lowest BCUT2D eigenvalue weighted by molar-refractivity contribution is 0.214. The molecule has 1 aliphatic heterocycles. The number of alkyl halides is 1. The minimum Gasteiger partial charge on any atom is -0.247 e. The molecule has 3 nitrogen and oxygen atoms in total. The van der Waals surface area contributed by atoms with Crippen LogP contribution in [0.1, 0.15) is 12.8 Å². The van der Waals surface area contributed by atoms with E-state index in [4.69, 9.17) is 4.78 Å². The fourth-order valence-electron chi connectivity index (χ4n) is 1.17. The Kier molecular flexibility index (Phi) is 4.44. The Bertz CT molecular complexity index is 224. The Labute approximate surface area is 78.8 Å². The summed E-state index contributed by atoms with van der Waals surface area (Å²) in [5.41, 5.74) is 0. The zero-order valence-corrected chi connectivity index (χ0v) is 8.59. The standard InChI is InChI=1S/C6H13FN2OS.ClH/c1-11(8,10)9-4-2-6(7)3-5-9;/h6,8H,2-5H2,1H3;1H. The van der Waals surface area contributed by atoms with E-state index in [-0.39, 0.29) is 12.4 Å². The average Bonchev–Trinajstić information content (AvgIpc) is 1.86. The molecule has 1 aliphatic rings. The predicted octanol–water partition coefficient (Wildman–Crippen LogP) is 1.43. The van der Waals surface area contributed by atoms with Gasteiger partial charge in [-0.05, 0) is 12.8 Å². The largest absolute Gasteiger partial charge is 0.247 e. The lowest BCUT2D eigenvalue weighted by Crippen LogP contribution is -2.37. The van der Waals surface area contributed by atoms with Crippen molar-refractivity contribution >= 4 is 22.3 Å². The van der Waals surface area contributed by atoms with Gasteiger partial charge in [-0.1, -0.05) is 0 Å². The highest BCUT2D eigenvalue weighted by atomic mass is 35.5. The summed E-state index contributed by atoms with van der Waals surface area (Å²) in [4.78, 5) is 0. The third-order valence-electron chi connectivity index (χ3n) is 1.88. The van der Waals surface area contributed by atoms with Crippen LogP contribution in [0.15, 0.2) is 0 Å². The van der Waals surface area contributed by atoms with Crippen molar-refractivity contribution < 1.29 is 8.60 Å². The lowest BCUT2D eigenvalue weighted by Gasteiger charge is -2.27. The Morgan fingerprint density at radius 2 is 1.92 bits per heavy atom. The molecule has 0 saturated carbocycles. The first-order valence-corrected chi connectivity index (χ1v) is 5.55. The van der Waals surface area contributed by atoms with E-state index in [9.17, 15) is 8.60 Å². The van der Waals surface area contributed by atoms with Crippen molar-refractivity contribution in [1.29, 1.82) is 4.78 Å². The third-order valence-corrected chi connectivity index (χ3v) is 3.23. The van der Waals surface area contributed by atoms with Gasteiger partial charge in [-0.15, -0.1) is 12.4 Å². The van der Waals surface area contributed by atoms with Crippen molar-refractivity contribution in [2.45, 2.75) is 19.0 Å². The summed E-state index contributed by atoms with van der Waals surface area (Å²) in [5.74, 6) is 0. The molecule has 1 heterocycles. The van der Waals surface area contributed by atoms with E-state index in [0.717, 1.165) is 0 Å². The molecule has 0 aromatic rings. The van der Waals surface area contributed by atoms with Crippen LogP contribution in [-0.2, 0) is 9.92 Å². The second kappa shape index (κ2) is 4.39. The molecule has 0 aliphatic carbocycles. The van der Waals surface area contributed by atoms with Gasteiger partial charge in [0.2, 0.25) is 0 Å². The van der Waals surface area contributed by atoms with Crippen LogP contribution in [0.4, 0.5) is 4.39 Å². The first-order valence-electron chi connectivity index (χ1n) is 3.63. The van der Waals surface area contributed by atoms with Gasteiger partial charge in [0.05, 0.1) is 0 Å². The van der Waals surface area contributed by atoms with E-state index < -0.39 is 16.1 Å². The van der Waals surface area contributed by atoms with Gasteiger partial charge in [0, 0.05) is 19.3 Å². The maximum atomic E-state index is 12.6. The molecule has 1 unspecified atom stereocenters. The summed E-state index contributed by atoms with van der Waals surface area (Å²) in [6.45, 7) is 0.917. The van der Waals surface area contributed by atoms with Gasteiger partial charge in [-0.2, -0.15) is 0 Å². The summed E-state index contributed by atoms with van der Waals surface area (Å²) in [5, 5.41) is 0. The molecule has 1 rings (SSSR count). The van der Waals surface area contributed by atoms with Gasteiger partial charge in [0.15, 0.2) is 0 Å². The monoisotopic (exact) mass is 216 g/mol. The summed E-state index contributed by atoms with van der Waals surface area (Å²) in [6, 6.07) is 0. The zero-order valence-electron chi connectivity index (χ0n) is 6.96. The van der Waals surface area contributed by atoms with Gasteiger partial charge in [-0.3, -0.25) is 0 Å². The average molecular weight is 217 g/mol. The second-order valence-electron chi connectivity index (χ2n) is 2.91. The molecule has 0 spiro atoms. The molecule has 12 heavy (non-hydrogen) atoms. The van der Waals surface area contributed by atoms with Gasteiger partial charge in [-0.25, -0.2) is 17.7 Å². The molecule has 1 N–H and O–H groups in total. The molecule has 0 bridgehead atoms. The highest BCUT2D eigenvalue weighted by molar-refractivity contribution is 7.89.